The van der Waals surface area contributed by atoms with Gasteiger partial charge in [-0.1, -0.05) is 0 Å². The van der Waals surface area contributed by atoms with Crippen LogP contribution in [0.25, 0.3) is 0 Å². The third kappa shape index (κ3) is 15.9. The number of nitrogens with two attached hydrogens (primary N) is 1. The average Bonchev–Trinajstić information content (AvgIpc) is 2.03. The van der Waals surface area contributed by atoms with E-state index in [4.69, 9.17) is 20.7 Å². The van der Waals surface area contributed by atoms with Crippen molar-refractivity contribution in [3.05, 3.63) is 0 Å². The maximum atomic E-state index is 10.6. The molecule has 92 valence electrons. The Morgan fingerprint density at radius 1 is 1.40 bits per heavy atom. The Kier molecular flexibility index (Phi) is 9.39. The summed E-state index contributed by atoms with van der Waals surface area (Å²) in [5, 5.41) is 15.5. The number of carboxylic acids is 1. The zero-order valence-electron chi connectivity index (χ0n) is 8.42. The maximum absolute atomic E-state index is 10.6. The van der Waals surface area contributed by atoms with Crippen molar-refractivity contribution in [1.29, 1.82) is 0 Å². The molecule has 0 saturated carbocycles. The lowest BCUT2D eigenvalue weighted by Crippen LogP contribution is -2.21. The molecule has 0 aliphatic carbocycles. The quantitative estimate of drug-likeness (QED) is 0.633. The first-order chi connectivity index (χ1) is 6.71. The van der Waals surface area contributed by atoms with Crippen LogP contribution in [0.1, 0.15) is 26.2 Å². The topological polar surface area (TPSA) is 83.5 Å². The van der Waals surface area contributed by atoms with E-state index >= 15 is 0 Å². The summed E-state index contributed by atoms with van der Waals surface area (Å²) in [5.41, 5.74) is 5.45. The molecule has 0 rings (SSSR count). The SMILES string of the molecule is C[C@@H](N)CCCCO.O=C(O)C(F)(F)F. The molecule has 15 heavy (non-hydrogen) atoms. The van der Waals surface area contributed by atoms with Crippen LogP contribution >= 0.6 is 0 Å². The number of halogens is 3. The number of carboxylic acid groups (broad SMARTS) is 1. The van der Waals surface area contributed by atoms with Crippen LogP contribution in [-0.2, 0) is 4.79 Å². The summed E-state index contributed by atoms with van der Waals surface area (Å²) in [6.07, 6.45) is -2.11. The standard InChI is InChI=1S/C6H15NO.C2HF3O2/c1-6(7)4-2-3-5-8;3-2(4,5)1(6)7/h6,8H,2-5,7H2,1H3;(H,6,7)/t6-;/m1./s1. The van der Waals surface area contributed by atoms with Crippen LogP contribution in [0.2, 0.25) is 0 Å². The molecule has 0 aromatic carbocycles. The normalized spacial score (nSPS) is 12.7. The number of alkyl halides is 3. The van der Waals surface area contributed by atoms with E-state index in [9.17, 15) is 13.2 Å². The van der Waals surface area contributed by atoms with Crippen molar-refractivity contribution in [2.75, 3.05) is 6.61 Å². The highest BCUT2D eigenvalue weighted by molar-refractivity contribution is 5.73. The largest absolute Gasteiger partial charge is 0.490 e. The van der Waals surface area contributed by atoms with Crippen LogP contribution in [0, 0.1) is 0 Å². The van der Waals surface area contributed by atoms with Crippen LogP contribution < -0.4 is 5.73 Å². The van der Waals surface area contributed by atoms with Crippen molar-refractivity contribution in [3.63, 3.8) is 0 Å². The van der Waals surface area contributed by atoms with Gasteiger partial charge in [0.25, 0.3) is 0 Å². The van der Waals surface area contributed by atoms with E-state index in [-0.39, 0.29) is 0 Å². The Hall–Kier alpha value is -0.820. The number of hydrogen-bond donors (Lipinski definition) is 3. The highest BCUT2D eigenvalue weighted by atomic mass is 19.4. The van der Waals surface area contributed by atoms with Crippen molar-refractivity contribution < 1.29 is 28.2 Å². The van der Waals surface area contributed by atoms with Crippen LogP contribution in [-0.4, -0.2) is 35.0 Å². The van der Waals surface area contributed by atoms with Crippen LogP contribution in [0.5, 0.6) is 0 Å². The maximum Gasteiger partial charge on any atom is 0.490 e. The van der Waals surface area contributed by atoms with Gasteiger partial charge in [0, 0.05) is 12.6 Å². The third-order valence-electron chi connectivity index (χ3n) is 1.31. The molecular weight excluding hydrogens is 215 g/mol. The molecular formula is C8H16F3NO3. The lowest BCUT2D eigenvalue weighted by atomic mass is 10.1. The minimum Gasteiger partial charge on any atom is -0.475 e. The second-order valence-electron chi connectivity index (χ2n) is 3.00. The molecule has 0 aromatic rings. The van der Waals surface area contributed by atoms with Gasteiger partial charge < -0.3 is 15.9 Å². The van der Waals surface area contributed by atoms with Gasteiger partial charge in [-0.25, -0.2) is 4.79 Å². The lowest BCUT2D eigenvalue weighted by molar-refractivity contribution is -0.192. The van der Waals surface area contributed by atoms with E-state index in [2.05, 4.69) is 0 Å². The fourth-order valence-electron chi connectivity index (χ4n) is 0.578. The van der Waals surface area contributed by atoms with Gasteiger partial charge in [-0.2, -0.15) is 13.2 Å². The molecule has 0 unspecified atom stereocenters. The summed E-state index contributed by atoms with van der Waals surface area (Å²) in [6, 6.07) is 0.293. The summed E-state index contributed by atoms with van der Waals surface area (Å²) in [6.45, 7) is 2.28. The van der Waals surface area contributed by atoms with Crippen molar-refractivity contribution in [1.82, 2.24) is 0 Å². The minimum atomic E-state index is -5.08. The van der Waals surface area contributed by atoms with Gasteiger partial charge in [0.05, 0.1) is 0 Å². The number of hydrogen-bond acceptors (Lipinski definition) is 3. The highest BCUT2D eigenvalue weighted by Crippen LogP contribution is 2.13. The molecule has 4 nitrogen and oxygen atoms in total. The summed E-state index contributed by atoms with van der Waals surface area (Å²) in [5.74, 6) is -2.76. The zero-order chi connectivity index (χ0) is 12.5. The fraction of sp³-hybridized carbons (Fsp3) is 0.875. The number of unbranched alkanes of at least 4 members (excludes halogenated alkanes) is 1. The van der Waals surface area contributed by atoms with Crippen molar-refractivity contribution in [2.24, 2.45) is 5.73 Å². The molecule has 0 fully saturated rings. The number of aliphatic carboxylic acids is 1. The van der Waals surface area contributed by atoms with Gasteiger partial charge in [0.2, 0.25) is 0 Å². The van der Waals surface area contributed by atoms with Crippen molar-refractivity contribution in [2.45, 2.75) is 38.4 Å². The highest BCUT2D eigenvalue weighted by Gasteiger charge is 2.38. The molecule has 0 aliphatic rings. The van der Waals surface area contributed by atoms with Gasteiger partial charge in [-0.05, 0) is 26.2 Å². The van der Waals surface area contributed by atoms with E-state index in [1.165, 1.54) is 0 Å². The van der Waals surface area contributed by atoms with Gasteiger partial charge in [-0.15, -0.1) is 0 Å². The monoisotopic (exact) mass is 231 g/mol. The molecule has 7 heteroatoms. The van der Waals surface area contributed by atoms with E-state index in [1.54, 1.807) is 0 Å². The molecule has 0 saturated heterocycles. The molecule has 0 heterocycles. The minimum absolute atomic E-state index is 0.293. The second kappa shape index (κ2) is 8.49. The van der Waals surface area contributed by atoms with Crippen molar-refractivity contribution in [3.8, 4) is 0 Å². The Morgan fingerprint density at radius 2 is 1.80 bits per heavy atom. The van der Waals surface area contributed by atoms with Gasteiger partial charge in [0.15, 0.2) is 0 Å². The number of aliphatic hydroxyl groups is 1. The van der Waals surface area contributed by atoms with Gasteiger partial charge >= 0.3 is 12.1 Å². The Morgan fingerprint density at radius 3 is 2.00 bits per heavy atom. The van der Waals surface area contributed by atoms with Gasteiger partial charge in [-0.3, -0.25) is 0 Å². The first-order valence-electron chi connectivity index (χ1n) is 4.38. The van der Waals surface area contributed by atoms with E-state index in [0.29, 0.717) is 12.6 Å². The van der Waals surface area contributed by atoms with Crippen LogP contribution in [0.3, 0.4) is 0 Å². The zero-order valence-corrected chi connectivity index (χ0v) is 8.42. The average molecular weight is 231 g/mol. The fourth-order valence-corrected chi connectivity index (χ4v) is 0.578. The molecule has 0 radical (unpaired) electrons. The summed E-state index contributed by atoms with van der Waals surface area (Å²) in [4.78, 5) is 8.90. The smallest absolute Gasteiger partial charge is 0.475 e. The molecule has 0 amide bonds. The molecule has 1 atom stereocenters. The lowest BCUT2D eigenvalue weighted by Gasteiger charge is -2.00. The van der Waals surface area contributed by atoms with Gasteiger partial charge in [0.1, 0.15) is 0 Å². The number of aliphatic hydroxyl groups excluding tert-OH is 1. The summed E-state index contributed by atoms with van der Waals surface area (Å²) in [7, 11) is 0. The second-order valence-corrected chi connectivity index (χ2v) is 3.00. The Bertz CT molecular complexity index is 171. The molecule has 0 aliphatic heterocycles. The molecule has 4 N–H and O–H groups in total. The van der Waals surface area contributed by atoms with Crippen molar-refractivity contribution >= 4 is 5.97 Å². The molecule has 0 bridgehead atoms. The van der Waals surface area contributed by atoms with E-state index in [0.717, 1.165) is 19.3 Å². The predicted octanol–water partition coefficient (Wildman–Crippen LogP) is 1.13. The first kappa shape index (κ1) is 16.6. The van der Waals surface area contributed by atoms with E-state index in [1.807, 2.05) is 6.92 Å². The summed E-state index contributed by atoms with van der Waals surface area (Å²) < 4.78 is 31.7. The predicted molar refractivity (Wildman–Crippen MR) is 48.3 cm³/mol. The first-order valence-corrected chi connectivity index (χ1v) is 4.38. The van der Waals surface area contributed by atoms with Crippen LogP contribution in [0.4, 0.5) is 13.2 Å². The number of rotatable bonds is 4. The Labute approximate surface area is 85.9 Å². The van der Waals surface area contributed by atoms with Crippen LogP contribution in [0.15, 0.2) is 0 Å². The van der Waals surface area contributed by atoms with E-state index < -0.39 is 12.1 Å². The Balaban J connectivity index is 0. The molecule has 0 spiro atoms. The third-order valence-corrected chi connectivity index (χ3v) is 1.31. The summed E-state index contributed by atoms with van der Waals surface area (Å²) >= 11 is 0. The molecule has 0 aromatic heterocycles. The number of carbonyl (C=O) groups is 1.